The van der Waals surface area contributed by atoms with Gasteiger partial charge in [0.1, 0.15) is 11.9 Å². The number of rotatable bonds is 11. The van der Waals surface area contributed by atoms with Crippen molar-refractivity contribution in [3.63, 3.8) is 0 Å². The molecule has 2 aliphatic rings. The van der Waals surface area contributed by atoms with Gasteiger partial charge < -0.3 is 31.2 Å². The molecule has 4 rings (SSSR count). The number of anilines is 3. The van der Waals surface area contributed by atoms with Crippen LogP contribution in [0.2, 0.25) is 0 Å². The van der Waals surface area contributed by atoms with E-state index in [0.717, 1.165) is 61.3 Å². The molecule has 1 amide bonds. The van der Waals surface area contributed by atoms with E-state index in [1.807, 2.05) is 12.1 Å². The summed E-state index contributed by atoms with van der Waals surface area (Å²) >= 11 is 0. The number of amides is 1. The summed E-state index contributed by atoms with van der Waals surface area (Å²) in [6, 6.07) is 4.66. The predicted octanol–water partition coefficient (Wildman–Crippen LogP) is 2.13. The van der Waals surface area contributed by atoms with Crippen LogP contribution in [0.25, 0.3) is 0 Å². The first-order valence-electron chi connectivity index (χ1n) is 13.2. The summed E-state index contributed by atoms with van der Waals surface area (Å²) in [5.74, 6) is -0.368. The van der Waals surface area contributed by atoms with Gasteiger partial charge in [-0.2, -0.15) is 4.98 Å². The highest BCUT2D eigenvalue weighted by molar-refractivity contribution is 5.97. The average molecular weight is 525 g/mol. The number of benzene rings is 1. The van der Waals surface area contributed by atoms with E-state index >= 15 is 0 Å². The summed E-state index contributed by atoms with van der Waals surface area (Å²) in [6.45, 7) is 5.56. The number of aryl methyl sites for hydroxylation is 1. The maximum Gasteiger partial charge on any atom is 0.328 e. The van der Waals surface area contributed by atoms with Gasteiger partial charge in [0.25, 0.3) is 5.91 Å². The van der Waals surface area contributed by atoms with Gasteiger partial charge in [-0.25, -0.2) is 9.78 Å². The Kier molecular flexibility index (Phi) is 8.65. The van der Waals surface area contributed by atoms with Gasteiger partial charge in [0.05, 0.1) is 18.9 Å². The zero-order valence-electron chi connectivity index (χ0n) is 22.0. The molecule has 0 saturated heterocycles. The number of carbonyl (C=O) groups is 3. The quantitative estimate of drug-likeness (QED) is 0.371. The number of nitrogens with zero attached hydrogens (tertiary/aromatic N) is 3. The monoisotopic (exact) mass is 524 g/mol. The molecular formula is C27H36N6O5. The molecular weight excluding hydrogens is 488 g/mol. The van der Waals surface area contributed by atoms with Crippen molar-refractivity contribution >= 4 is 35.3 Å². The van der Waals surface area contributed by atoms with E-state index in [9.17, 15) is 14.4 Å². The van der Waals surface area contributed by atoms with Crippen LogP contribution in [-0.2, 0) is 31.9 Å². The molecule has 0 bridgehead atoms. The third-order valence-electron chi connectivity index (χ3n) is 7.11. The maximum absolute atomic E-state index is 13.0. The highest BCUT2D eigenvalue weighted by Gasteiger charge is 2.29. The number of hydrogen-bond acceptors (Lipinski definition) is 10. The number of ether oxygens (including phenoxy) is 2. The van der Waals surface area contributed by atoms with Gasteiger partial charge in [-0.3, -0.25) is 9.59 Å². The molecule has 1 aromatic heterocycles. The largest absolute Gasteiger partial charge is 0.466 e. The first-order chi connectivity index (χ1) is 18.3. The number of nitrogen functional groups attached to an aromatic ring is 2. The van der Waals surface area contributed by atoms with E-state index in [0.29, 0.717) is 17.3 Å². The van der Waals surface area contributed by atoms with Crippen LogP contribution in [0, 0.1) is 0 Å². The Morgan fingerprint density at radius 3 is 2.68 bits per heavy atom. The SMILES string of the molecule is CCOC(=O)CC[C@H](NC(=O)c1ccc2c(c1)CCN2CCC1CCc2nc(N)nc(N)c21)C(=O)OCC. The van der Waals surface area contributed by atoms with Crippen LogP contribution in [0.1, 0.15) is 72.6 Å². The molecule has 0 saturated carbocycles. The Labute approximate surface area is 222 Å². The molecule has 1 aliphatic carbocycles. The summed E-state index contributed by atoms with van der Waals surface area (Å²) in [7, 11) is 0. The van der Waals surface area contributed by atoms with Crippen LogP contribution < -0.4 is 21.7 Å². The van der Waals surface area contributed by atoms with Gasteiger partial charge in [0, 0.05) is 36.3 Å². The second kappa shape index (κ2) is 12.1. The minimum atomic E-state index is -0.933. The molecule has 2 atom stereocenters. The van der Waals surface area contributed by atoms with Crippen molar-refractivity contribution in [1.29, 1.82) is 0 Å². The zero-order valence-corrected chi connectivity index (χ0v) is 22.0. The van der Waals surface area contributed by atoms with E-state index in [-0.39, 0.29) is 37.9 Å². The van der Waals surface area contributed by atoms with Crippen LogP contribution >= 0.6 is 0 Å². The van der Waals surface area contributed by atoms with Crippen molar-refractivity contribution in [2.45, 2.75) is 64.3 Å². The van der Waals surface area contributed by atoms with Crippen molar-refractivity contribution in [3.05, 3.63) is 40.6 Å². The Bertz CT molecular complexity index is 1200. The highest BCUT2D eigenvalue weighted by atomic mass is 16.5. The number of nitrogens with one attached hydrogen (secondary N) is 1. The van der Waals surface area contributed by atoms with Crippen molar-refractivity contribution in [3.8, 4) is 0 Å². The molecule has 38 heavy (non-hydrogen) atoms. The molecule has 2 aromatic rings. The summed E-state index contributed by atoms with van der Waals surface area (Å²) in [5, 5.41) is 2.73. The topological polar surface area (TPSA) is 163 Å². The molecule has 5 N–H and O–H groups in total. The summed E-state index contributed by atoms with van der Waals surface area (Å²) < 4.78 is 10.0. The minimum Gasteiger partial charge on any atom is -0.466 e. The number of hydrogen-bond donors (Lipinski definition) is 3. The fraction of sp³-hybridized carbons (Fsp3) is 0.519. The smallest absolute Gasteiger partial charge is 0.328 e. The first-order valence-corrected chi connectivity index (χ1v) is 13.2. The minimum absolute atomic E-state index is 0.00732. The Morgan fingerprint density at radius 2 is 1.92 bits per heavy atom. The second-order valence-corrected chi connectivity index (χ2v) is 9.55. The first kappa shape index (κ1) is 27.2. The number of aromatic nitrogens is 2. The molecule has 204 valence electrons. The molecule has 0 fully saturated rings. The zero-order chi connectivity index (χ0) is 27.2. The van der Waals surface area contributed by atoms with Crippen LogP contribution in [0.3, 0.4) is 0 Å². The Hall–Kier alpha value is -3.89. The molecule has 11 nitrogen and oxygen atoms in total. The van der Waals surface area contributed by atoms with E-state index < -0.39 is 18.0 Å². The van der Waals surface area contributed by atoms with Crippen LogP contribution in [0.4, 0.5) is 17.5 Å². The van der Waals surface area contributed by atoms with Gasteiger partial charge in [-0.1, -0.05) is 0 Å². The second-order valence-electron chi connectivity index (χ2n) is 9.55. The molecule has 11 heteroatoms. The number of nitrogens with two attached hydrogens (primary N) is 2. The average Bonchev–Trinajstić information content (AvgIpc) is 3.48. The molecule has 1 unspecified atom stereocenters. The lowest BCUT2D eigenvalue weighted by molar-refractivity contribution is -0.146. The normalized spacial score (nSPS) is 16.5. The predicted molar refractivity (Wildman–Crippen MR) is 143 cm³/mol. The highest BCUT2D eigenvalue weighted by Crippen LogP contribution is 2.39. The van der Waals surface area contributed by atoms with Gasteiger partial charge in [0.2, 0.25) is 5.95 Å². The lowest BCUT2D eigenvalue weighted by Gasteiger charge is -2.22. The lowest BCUT2D eigenvalue weighted by atomic mass is 9.99. The third-order valence-corrected chi connectivity index (χ3v) is 7.11. The fourth-order valence-electron chi connectivity index (χ4n) is 5.32. The van der Waals surface area contributed by atoms with Crippen molar-refractivity contribution < 1.29 is 23.9 Å². The third kappa shape index (κ3) is 6.15. The lowest BCUT2D eigenvalue weighted by Crippen LogP contribution is -2.42. The van der Waals surface area contributed by atoms with Crippen molar-refractivity contribution in [1.82, 2.24) is 15.3 Å². The van der Waals surface area contributed by atoms with Crippen LogP contribution in [-0.4, -0.2) is 60.2 Å². The van der Waals surface area contributed by atoms with Gasteiger partial charge in [-0.05, 0) is 75.6 Å². The van der Waals surface area contributed by atoms with E-state index in [1.165, 1.54) is 0 Å². The van der Waals surface area contributed by atoms with Crippen LogP contribution in [0.5, 0.6) is 0 Å². The maximum atomic E-state index is 13.0. The molecule has 0 radical (unpaired) electrons. The van der Waals surface area contributed by atoms with Gasteiger partial charge in [0.15, 0.2) is 0 Å². The Morgan fingerprint density at radius 1 is 1.13 bits per heavy atom. The standard InChI is InChI=1S/C27H36N6O5/c1-3-37-22(34)10-8-20(26(36)38-4-2)30-25(35)18-6-9-21-17(15-18)12-14-33(21)13-11-16-5-7-19-23(16)24(28)32-27(29)31-19/h6,9,15-16,20H,3-5,7-8,10-14H2,1-2H3,(H,30,35)(H4,28,29,31,32)/t16?,20-/m0/s1. The van der Waals surface area contributed by atoms with E-state index in [4.69, 9.17) is 20.9 Å². The summed E-state index contributed by atoms with van der Waals surface area (Å²) in [4.78, 5) is 48.0. The van der Waals surface area contributed by atoms with Gasteiger partial charge in [-0.15, -0.1) is 0 Å². The number of esters is 2. The van der Waals surface area contributed by atoms with Crippen LogP contribution in [0.15, 0.2) is 18.2 Å². The Balaban J connectivity index is 1.38. The molecule has 1 aromatic carbocycles. The van der Waals surface area contributed by atoms with E-state index in [1.54, 1.807) is 19.9 Å². The van der Waals surface area contributed by atoms with Crippen molar-refractivity contribution in [2.24, 2.45) is 0 Å². The van der Waals surface area contributed by atoms with Gasteiger partial charge >= 0.3 is 11.9 Å². The number of carbonyl (C=O) groups excluding carboxylic acids is 3. The number of fused-ring (bicyclic) bond motifs is 2. The van der Waals surface area contributed by atoms with E-state index in [2.05, 4.69) is 20.2 Å². The summed E-state index contributed by atoms with van der Waals surface area (Å²) in [5.41, 5.74) is 16.5. The summed E-state index contributed by atoms with van der Waals surface area (Å²) in [6.07, 6.45) is 3.70. The van der Waals surface area contributed by atoms with Crippen molar-refractivity contribution in [2.75, 3.05) is 42.7 Å². The fourth-order valence-corrected chi connectivity index (χ4v) is 5.32. The molecule has 1 aliphatic heterocycles. The molecule has 0 spiro atoms. The molecule has 2 heterocycles.